The molecule has 18 heavy (non-hydrogen) atoms. The minimum absolute atomic E-state index is 0.0679. The van der Waals surface area contributed by atoms with Gasteiger partial charge in [0, 0.05) is 23.3 Å². The third-order valence-electron chi connectivity index (χ3n) is 2.81. The molecule has 2 heterocycles. The normalized spacial score (nSPS) is 10.9. The first-order chi connectivity index (χ1) is 8.59. The molecule has 5 heteroatoms. The highest BCUT2D eigenvalue weighted by molar-refractivity contribution is 7.10. The number of thiophene rings is 1. The van der Waals surface area contributed by atoms with Gasteiger partial charge in [-0.15, -0.1) is 11.3 Å². The molecular weight excluding hydrogens is 246 g/mol. The molecule has 0 aliphatic rings. The van der Waals surface area contributed by atoms with Crippen molar-refractivity contribution in [2.45, 2.75) is 33.4 Å². The maximum atomic E-state index is 12.1. The van der Waals surface area contributed by atoms with E-state index in [9.17, 15) is 4.79 Å². The molecule has 0 saturated carbocycles. The molecule has 0 amide bonds. The zero-order valence-corrected chi connectivity index (χ0v) is 11.6. The SMILES string of the molecule is Cc1ccsc1CNc1nccn(C(C)C)c1=O. The first kappa shape index (κ1) is 12.8. The summed E-state index contributed by atoms with van der Waals surface area (Å²) in [5.41, 5.74) is 1.18. The first-order valence-corrected chi connectivity index (χ1v) is 6.81. The molecule has 4 nitrogen and oxygen atoms in total. The van der Waals surface area contributed by atoms with E-state index in [1.165, 1.54) is 10.4 Å². The van der Waals surface area contributed by atoms with Crippen molar-refractivity contribution in [1.82, 2.24) is 9.55 Å². The zero-order valence-electron chi connectivity index (χ0n) is 10.8. The molecule has 0 unspecified atom stereocenters. The molecule has 0 bridgehead atoms. The first-order valence-electron chi connectivity index (χ1n) is 5.93. The van der Waals surface area contributed by atoms with Crippen LogP contribution in [0.25, 0.3) is 0 Å². The Morgan fingerprint density at radius 2 is 2.28 bits per heavy atom. The maximum Gasteiger partial charge on any atom is 0.293 e. The molecule has 2 rings (SSSR count). The largest absolute Gasteiger partial charge is 0.361 e. The van der Waals surface area contributed by atoms with E-state index in [4.69, 9.17) is 0 Å². The van der Waals surface area contributed by atoms with Gasteiger partial charge in [0.25, 0.3) is 5.56 Å². The number of hydrogen-bond acceptors (Lipinski definition) is 4. The van der Waals surface area contributed by atoms with Crippen molar-refractivity contribution >= 4 is 17.2 Å². The van der Waals surface area contributed by atoms with Gasteiger partial charge >= 0.3 is 0 Å². The Morgan fingerprint density at radius 3 is 2.89 bits per heavy atom. The van der Waals surface area contributed by atoms with Crippen molar-refractivity contribution in [3.05, 3.63) is 44.6 Å². The van der Waals surface area contributed by atoms with Crippen molar-refractivity contribution < 1.29 is 0 Å². The van der Waals surface area contributed by atoms with Crippen LogP contribution in [0.1, 0.15) is 30.3 Å². The monoisotopic (exact) mass is 263 g/mol. The van der Waals surface area contributed by atoms with Gasteiger partial charge in [0.05, 0.1) is 6.54 Å². The Kier molecular flexibility index (Phi) is 3.81. The number of rotatable bonds is 4. The molecule has 0 atom stereocenters. The minimum atomic E-state index is -0.0679. The van der Waals surface area contributed by atoms with Crippen LogP contribution in [-0.2, 0) is 6.54 Å². The van der Waals surface area contributed by atoms with Gasteiger partial charge in [-0.3, -0.25) is 4.79 Å². The van der Waals surface area contributed by atoms with Gasteiger partial charge in [-0.25, -0.2) is 4.98 Å². The van der Waals surface area contributed by atoms with Crippen molar-refractivity contribution in [2.24, 2.45) is 0 Å². The average Bonchev–Trinajstić information content (AvgIpc) is 2.73. The third kappa shape index (κ3) is 2.61. The summed E-state index contributed by atoms with van der Waals surface area (Å²) >= 11 is 1.69. The molecule has 2 aromatic rings. The molecule has 2 aromatic heterocycles. The number of anilines is 1. The molecule has 0 radical (unpaired) electrons. The van der Waals surface area contributed by atoms with Crippen LogP contribution in [-0.4, -0.2) is 9.55 Å². The molecule has 0 spiro atoms. The van der Waals surface area contributed by atoms with Crippen LogP contribution >= 0.6 is 11.3 Å². The second kappa shape index (κ2) is 5.35. The number of aryl methyl sites for hydroxylation is 1. The van der Waals surface area contributed by atoms with Crippen LogP contribution in [0.2, 0.25) is 0 Å². The lowest BCUT2D eigenvalue weighted by molar-refractivity contribution is 0.575. The van der Waals surface area contributed by atoms with Gasteiger partial charge in [0.1, 0.15) is 0 Å². The molecule has 0 aromatic carbocycles. The fourth-order valence-electron chi connectivity index (χ4n) is 1.70. The fraction of sp³-hybridized carbons (Fsp3) is 0.385. The minimum Gasteiger partial charge on any atom is -0.361 e. The smallest absolute Gasteiger partial charge is 0.293 e. The lowest BCUT2D eigenvalue weighted by atomic mass is 10.3. The van der Waals surface area contributed by atoms with Gasteiger partial charge < -0.3 is 9.88 Å². The van der Waals surface area contributed by atoms with Gasteiger partial charge in [-0.1, -0.05) is 0 Å². The van der Waals surface area contributed by atoms with E-state index in [0.717, 1.165) is 0 Å². The lowest BCUT2D eigenvalue weighted by Crippen LogP contribution is -2.25. The molecule has 1 N–H and O–H groups in total. The Labute approximate surface area is 110 Å². The highest BCUT2D eigenvalue weighted by Gasteiger charge is 2.07. The average molecular weight is 263 g/mol. The van der Waals surface area contributed by atoms with Crippen molar-refractivity contribution in [3.8, 4) is 0 Å². The van der Waals surface area contributed by atoms with E-state index in [-0.39, 0.29) is 11.6 Å². The van der Waals surface area contributed by atoms with E-state index in [1.807, 2.05) is 13.8 Å². The Morgan fingerprint density at radius 1 is 1.50 bits per heavy atom. The summed E-state index contributed by atoms with van der Waals surface area (Å²) in [4.78, 5) is 17.4. The Balaban J connectivity index is 2.18. The van der Waals surface area contributed by atoms with Gasteiger partial charge in [0.15, 0.2) is 5.82 Å². The highest BCUT2D eigenvalue weighted by atomic mass is 32.1. The molecular formula is C13H17N3OS. The van der Waals surface area contributed by atoms with Crippen molar-refractivity contribution in [1.29, 1.82) is 0 Å². The molecule has 0 aliphatic heterocycles. The van der Waals surface area contributed by atoms with E-state index in [0.29, 0.717) is 12.4 Å². The fourth-order valence-corrected chi connectivity index (χ4v) is 2.55. The van der Waals surface area contributed by atoms with Gasteiger partial charge in [-0.05, 0) is 37.8 Å². The summed E-state index contributed by atoms with van der Waals surface area (Å²) in [5.74, 6) is 0.416. The molecule has 0 saturated heterocycles. The van der Waals surface area contributed by atoms with E-state index >= 15 is 0 Å². The van der Waals surface area contributed by atoms with E-state index in [2.05, 4.69) is 28.7 Å². The summed E-state index contributed by atoms with van der Waals surface area (Å²) in [6.45, 7) is 6.68. The number of hydrogen-bond donors (Lipinski definition) is 1. The predicted octanol–water partition coefficient (Wildman–Crippen LogP) is 2.81. The molecule has 96 valence electrons. The quantitative estimate of drug-likeness (QED) is 0.922. The van der Waals surface area contributed by atoms with Crippen LogP contribution in [0, 0.1) is 6.92 Å². The van der Waals surface area contributed by atoms with Crippen molar-refractivity contribution in [2.75, 3.05) is 5.32 Å². The van der Waals surface area contributed by atoms with Crippen LogP contribution in [0.5, 0.6) is 0 Å². The summed E-state index contributed by atoms with van der Waals surface area (Å²) in [6.07, 6.45) is 3.37. The van der Waals surface area contributed by atoms with E-state index < -0.39 is 0 Å². The third-order valence-corrected chi connectivity index (χ3v) is 3.83. The summed E-state index contributed by atoms with van der Waals surface area (Å²) < 4.78 is 1.68. The summed E-state index contributed by atoms with van der Waals surface area (Å²) in [6, 6.07) is 2.22. The van der Waals surface area contributed by atoms with Gasteiger partial charge in [0.2, 0.25) is 0 Å². The predicted molar refractivity (Wildman–Crippen MR) is 75.3 cm³/mol. The molecule has 0 fully saturated rings. The zero-order chi connectivity index (χ0) is 13.1. The Bertz CT molecular complexity index is 586. The summed E-state index contributed by atoms with van der Waals surface area (Å²) in [7, 11) is 0. The summed E-state index contributed by atoms with van der Waals surface area (Å²) in [5, 5.41) is 5.17. The van der Waals surface area contributed by atoms with Gasteiger partial charge in [-0.2, -0.15) is 0 Å². The van der Waals surface area contributed by atoms with Crippen LogP contribution < -0.4 is 10.9 Å². The number of nitrogens with zero attached hydrogens (tertiary/aromatic N) is 2. The van der Waals surface area contributed by atoms with Crippen molar-refractivity contribution in [3.63, 3.8) is 0 Å². The lowest BCUT2D eigenvalue weighted by Gasteiger charge is -2.11. The highest BCUT2D eigenvalue weighted by Crippen LogP contribution is 2.16. The van der Waals surface area contributed by atoms with Crippen LogP contribution in [0.4, 0.5) is 5.82 Å². The topological polar surface area (TPSA) is 46.9 Å². The second-order valence-electron chi connectivity index (χ2n) is 4.46. The maximum absolute atomic E-state index is 12.1. The molecule has 0 aliphatic carbocycles. The van der Waals surface area contributed by atoms with Crippen LogP contribution in [0.3, 0.4) is 0 Å². The standard InChI is InChI=1S/C13H17N3OS/c1-9(2)16-6-5-14-12(13(16)17)15-8-11-10(3)4-7-18-11/h4-7,9H,8H2,1-3H3,(H,14,15). The number of nitrogens with one attached hydrogen (secondary N) is 1. The van der Waals surface area contributed by atoms with Crippen LogP contribution in [0.15, 0.2) is 28.6 Å². The van der Waals surface area contributed by atoms with E-state index in [1.54, 1.807) is 28.3 Å². The number of aromatic nitrogens is 2. The Hall–Kier alpha value is -1.62. The second-order valence-corrected chi connectivity index (χ2v) is 5.46.